The molecule has 1 atom stereocenters. The molecule has 174 valence electrons. The van der Waals surface area contributed by atoms with Gasteiger partial charge in [-0.2, -0.15) is 10.4 Å². The molecule has 1 unspecified atom stereocenters. The fraction of sp³-hybridized carbons (Fsp3) is 0.286. The Balaban J connectivity index is 1.50. The van der Waals surface area contributed by atoms with E-state index >= 15 is 0 Å². The number of nitrogens with zero attached hydrogens (tertiary/aromatic N) is 6. The maximum absolute atomic E-state index is 9.29. The Hall–Kier alpha value is -4.02. The Morgan fingerprint density at radius 1 is 1.00 bits per heavy atom. The molecule has 1 aliphatic rings. The van der Waals surface area contributed by atoms with Crippen LogP contribution in [0.5, 0.6) is 0 Å². The number of rotatable bonds is 4. The van der Waals surface area contributed by atoms with E-state index in [0.29, 0.717) is 11.5 Å². The van der Waals surface area contributed by atoms with Crippen LogP contribution < -0.4 is 5.32 Å². The average Bonchev–Trinajstić information content (AvgIpc) is 3.37. The van der Waals surface area contributed by atoms with Crippen LogP contribution in [0.3, 0.4) is 0 Å². The van der Waals surface area contributed by atoms with Crippen LogP contribution in [-0.2, 0) is 13.6 Å². The lowest BCUT2D eigenvalue weighted by atomic mass is 9.96. The molecule has 1 aliphatic heterocycles. The van der Waals surface area contributed by atoms with Crippen LogP contribution in [0.4, 0.5) is 0 Å². The van der Waals surface area contributed by atoms with Crippen LogP contribution in [-0.4, -0.2) is 37.4 Å². The second kappa shape index (κ2) is 8.97. The van der Waals surface area contributed by atoms with Crippen LogP contribution in [0.1, 0.15) is 24.8 Å². The van der Waals surface area contributed by atoms with Gasteiger partial charge in [-0.1, -0.05) is 18.2 Å². The van der Waals surface area contributed by atoms with Crippen molar-refractivity contribution in [3.05, 3.63) is 66.7 Å². The van der Waals surface area contributed by atoms with Crippen LogP contribution in [0.15, 0.2) is 61.2 Å². The molecule has 2 aromatic carbocycles. The van der Waals surface area contributed by atoms with Gasteiger partial charge in [0, 0.05) is 30.1 Å². The zero-order valence-corrected chi connectivity index (χ0v) is 19.8. The summed E-state index contributed by atoms with van der Waals surface area (Å²) in [5.41, 5.74) is 7.62. The van der Waals surface area contributed by atoms with Crippen molar-refractivity contribution in [2.75, 3.05) is 13.1 Å². The summed E-state index contributed by atoms with van der Waals surface area (Å²) in [6.07, 6.45) is 9.44. The number of pyridine rings is 1. The molecule has 0 aliphatic carbocycles. The highest BCUT2D eigenvalue weighted by atomic mass is 15.2. The van der Waals surface area contributed by atoms with Crippen LogP contribution in [0, 0.1) is 17.2 Å². The summed E-state index contributed by atoms with van der Waals surface area (Å²) in [4.78, 5) is 9.89. The lowest BCUT2D eigenvalue weighted by molar-refractivity contribution is 0.409. The van der Waals surface area contributed by atoms with Crippen molar-refractivity contribution < 1.29 is 0 Å². The van der Waals surface area contributed by atoms with Gasteiger partial charge in [0.05, 0.1) is 47.1 Å². The molecule has 3 aromatic heterocycles. The highest BCUT2D eigenvalue weighted by Crippen LogP contribution is 2.37. The molecule has 0 bridgehead atoms. The van der Waals surface area contributed by atoms with Crippen LogP contribution in [0.25, 0.3) is 44.3 Å². The number of nitrogens with one attached hydrogen (secondary N) is 1. The number of imidazole rings is 1. The number of nitriles is 1. The molecule has 0 radical (unpaired) electrons. The number of benzene rings is 2. The number of hydrogen-bond donors (Lipinski definition) is 1. The molecule has 0 saturated carbocycles. The summed E-state index contributed by atoms with van der Waals surface area (Å²) in [6.45, 7) is 3.14. The van der Waals surface area contributed by atoms with E-state index in [1.165, 1.54) is 19.3 Å². The zero-order chi connectivity index (χ0) is 23.8. The fourth-order valence-corrected chi connectivity index (χ4v) is 5.23. The first-order valence-electron chi connectivity index (χ1n) is 12.2. The summed E-state index contributed by atoms with van der Waals surface area (Å²) in [5.74, 6) is 0.633. The molecule has 4 heterocycles. The predicted molar refractivity (Wildman–Crippen MR) is 138 cm³/mol. The maximum atomic E-state index is 9.29. The minimum Gasteiger partial charge on any atom is -0.329 e. The molecule has 7 heteroatoms. The normalized spacial score (nSPS) is 16.4. The third-order valence-corrected chi connectivity index (χ3v) is 7.14. The topological polar surface area (TPSA) is 84.3 Å². The molecule has 7 nitrogen and oxygen atoms in total. The molecule has 5 aromatic rings. The Morgan fingerprint density at radius 2 is 1.86 bits per heavy atom. The minimum absolute atomic E-state index is 0.633. The van der Waals surface area contributed by atoms with E-state index in [9.17, 15) is 5.26 Å². The van der Waals surface area contributed by atoms with Crippen molar-refractivity contribution in [3.8, 4) is 28.5 Å². The van der Waals surface area contributed by atoms with Gasteiger partial charge in [-0.25, -0.2) is 4.98 Å². The monoisotopic (exact) mass is 461 g/mol. The summed E-state index contributed by atoms with van der Waals surface area (Å²) in [5, 5.41) is 18.3. The van der Waals surface area contributed by atoms with Crippen LogP contribution in [0.2, 0.25) is 0 Å². The number of aromatic nitrogens is 5. The quantitative estimate of drug-likeness (QED) is 0.411. The SMILES string of the molecule is Cn1ncc2cc(-c3ncc4c(ncn4CC4CCCNCC4)c3-c3ccc(C#N)cc3)ccc21. The van der Waals surface area contributed by atoms with Crippen molar-refractivity contribution in [2.24, 2.45) is 13.0 Å². The Bertz CT molecular complexity index is 1540. The molecule has 1 fully saturated rings. The molecular formula is C28H27N7. The molecule has 0 amide bonds. The molecule has 1 N–H and O–H groups in total. The van der Waals surface area contributed by atoms with Gasteiger partial charge in [-0.3, -0.25) is 9.67 Å². The number of hydrogen-bond acceptors (Lipinski definition) is 5. The van der Waals surface area contributed by atoms with Crippen LogP contribution >= 0.6 is 0 Å². The number of aryl methyl sites for hydroxylation is 1. The van der Waals surface area contributed by atoms with Gasteiger partial charge in [-0.05, 0) is 68.1 Å². The van der Waals surface area contributed by atoms with Gasteiger partial charge in [0.15, 0.2) is 0 Å². The fourth-order valence-electron chi connectivity index (χ4n) is 5.23. The second-order valence-electron chi connectivity index (χ2n) is 9.39. The molecule has 1 saturated heterocycles. The smallest absolute Gasteiger partial charge is 0.100 e. The minimum atomic E-state index is 0.633. The van der Waals surface area contributed by atoms with Crippen molar-refractivity contribution in [1.82, 2.24) is 29.6 Å². The highest BCUT2D eigenvalue weighted by Gasteiger charge is 2.20. The predicted octanol–water partition coefficient (Wildman–Crippen LogP) is 4.91. The first kappa shape index (κ1) is 21.5. The summed E-state index contributed by atoms with van der Waals surface area (Å²) in [7, 11) is 1.95. The van der Waals surface area contributed by atoms with E-state index in [4.69, 9.17) is 9.97 Å². The Kier molecular flexibility index (Phi) is 5.51. The Morgan fingerprint density at radius 3 is 2.71 bits per heavy atom. The van der Waals surface area contributed by atoms with E-state index in [-0.39, 0.29) is 0 Å². The van der Waals surface area contributed by atoms with E-state index < -0.39 is 0 Å². The molecule has 6 rings (SSSR count). The van der Waals surface area contributed by atoms with Gasteiger partial charge in [-0.15, -0.1) is 0 Å². The first-order chi connectivity index (χ1) is 17.2. The lowest BCUT2D eigenvalue weighted by Gasteiger charge is -2.16. The Labute approximate surface area is 204 Å². The number of fused-ring (bicyclic) bond motifs is 2. The summed E-state index contributed by atoms with van der Waals surface area (Å²) in [6, 6.07) is 16.3. The van der Waals surface area contributed by atoms with Crippen molar-refractivity contribution in [2.45, 2.75) is 25.8 Å². The molecular weight excluding hydrogens is 434 g/mol. The van der Waals surface area contributed by atoms with E-state index in [1.54, 1.807) is 0 Å². The van der Waals surface area contributed by atoms with Crippen molar-refractivity contribution >= 4 is 21.9 Å². The van der Waals surface area contributed by atoms with Gasteiger partial charge in [0.2, 0.25) is 0 Å². The summed E-state index contributed by atoms with van der Waals surface area (Å²) >= 11 is 0. The lowest BCUT2D eigenvalue weighted by Crippen LogP contribution is -2.15. The molecule has 35 heavy (non-hydrogen) atoms. The highest BCUT2D eigenvalue weighted by molar-refractivity contribution is 6.00. The van der Waals surface area contributed by atoms with Crippen molar-refractivity contribution in [1.29, 1.82) is 5.26 Å². The van der Waals surface area contributed by atoms with E-state index in [1.807, 2.05) is 54.7 Å². The van der Waals surface area contributed by atoms with Crippen molar-refractivity contribution in [3.63, 3.8) is 0 Å². The van der Waals surface area contributed by atoms with E-state index in [2.05, 4.69) is 39.3 Å². The van der Waals surface area contributed by atoms with Gasteiger partial charge in [0.1, 0.15) is 5.52 Å². The van der Waals surface area contributed by atoms with E-state index in [0.717, 1.165) is 64.0 Å². The van der Waals surface area contributed by atoms with Gasteiger partial charge < -0.3 is 9.88 Å². The second-order valence-corrected chi connectivity index (χ2v) is 9.39. The average molecular weight is 462 g/mol. The zero-order valence-electron chi connectivity index (χ0n) is 19.8. The third kappa shape index (κ3) is 3.96. The first-order valence-corrected chi connectivity index (χ1v) is 12.2. The van der Waals surface area contributed by atoms with Gasteiger partial charge >= 0.3 is 0 Å². The largest absolute Gasteiger partial charge is 0.329 e. The standard InChI is InChI=1S/C28H27N7/c1-34-24-9-8-22(13-23(24)15-33-34)27-26(21-6-4-19(14-29)5-7-21)28-25(16-31-27)35(18-32-28)17-20-3-2-11-30-12-10-20/h4-9,13,15-16,18,20,30H,2-3,10-12,17H2,1H3. The summed E-state index contributed by atoms with van der Waals surface area (Å²) < 4.78 is 4.14. The maximum Gasteiger partial charge on any atom is 0.100 e. The molecule has 0 spiro atoms. The van der Waals surface area contributed by atoms with Gasteiger partial charge in [0.25, 0.3) is 0 Å². The third-order valence-electron chi connectivity index (χ3n) is 7.14.